The van der Waals surface area contributed by atoms with E-state index in [0.717, 1.165) is 5.54 Å². The van der Waals surface area contributed by atoms with Gasteiger partial charge >= 0.3 is 37.7 Å². The quantitative estimate of drug-likeness (QED) is 0.544. The van der Waals surface area contributed by atoms with Gasteiger partial charge in [0.05, 0.1) is 8.80 Å². The predicted molar refractivity (Wildman–Crippen MR) is 69.7 cm³/mol. The van der Waals surface area contributed by atoms with Crippen LogP contribution in [0.15, 0.2) is 23.3 Å². The summed E-state index contributed by atoms with van der Waals surface area (Å²) in [7, 11) is 9.76. The number of hydrogen-bond acceptors (Lipinski definition) is 0. The average molecular weight is 429 g/mol. The molecule has 0 heterocycles. The molecule has 1 unspecified atom stereocenters. The fraction of sp³-hybridized carbons (Fsp3) is 0.636. The summed E-state index contributed by atoms with van der Waals surface area (Å²) in [5.74, 6) is 0. The zero-order valence-electron chi connectivity index (χ0n) is 9.90. The van der Waals surface area contributed by atoms with Crippen molar-refractivity contribution in [2.24, 2.45) is 0 Å². The summed E-state index contributed by atoms with van der Waals surface area (Å²) in [5.41, 5.74) is 3.99. The molecule has 1 atom stereocenters. The molecular weight excluding hydrogens is 410 g/mol. The Balaban J connectivity index is 0.000000583. The standard InChI is InChI=1S/C11H19Si.2ClH.Hf/c1-5-6-10-7-9(2)11(8-10)12(3)4;;;/h7-8,11H,5-6H2,1-4H3;2*1H;/q;;;+2/p-2. The molecule has 0 aromatic carbocycles. The van der Waals surface area contributed by atoms with Crippen LogP contribution >= 0.6 is 17.2 Å². The summed E-state index contributed by atoms with van der Waals surface area (Å²) < 4.78 is 0. The van der Waals surface area contributed by atoms with E-state index in [2.05, 4.69) is 39.1 Å². The number of hydrogen-bond donors (Lipinski definition) is 0. The summed E-state index contributed by atoms with van der Waals surface area (Å²) in [6, 6.07) is 0. The molecule has 1 radical (unpaired) electrons. The van der Waals surface area contributed by atoms with E-state index in [1.54, 1.807) is 11.1 Å². The van der Waals surface area contributed by atoms with E-state index < -0.39 is 20.5 Å². The van der Waals surface area contributed by atoms with Gasteiger partial charge < -0.3 is 0 Å². The van der Waals surface area contributed by atoms with E-state index in [4.69, 9.17) is 17.2 Å². The Labute approximate surface area is 114 Å². The van der Waals surface area contributed by atoms with Gasteiger partial charge in [-0.25, -0.2) is 0 Å². The van der Waals surface area contributed by atoms with Crippen molar-refractivity contribution < 1.29 is 20.5 Å². The van der Waals surface area contributed by atoms with Crippen molar-refractivity contribution in [3.8, 4) is 0 Å². The van der Waals surface area contributed by atoms with Gasteiger partial charge in [0.25, 0.3) is 0 Å². The van der Waals surface area contributed by atoms with Gasteiger partial charge in [0.2, 0.25) is 0 Å². The normalized spacial score (nSPS) is 19.3. The first-order chi connectivity index (χ1) is 7.06. The van der Waals surface area contributed by atoms with E-state index in [9.17, 15) is 0 Å². The molecule has 1 aliphatic carbocycles. The van der Waals surface area contributed by atoms with Crippen molar-refractivity contribution in [1.82, 2.24) is 0 Å². The minimum atomic E-state index is -0.972. The van der Waals surface area contributed by atoms with Gasteiger partial charge in [0.15, 0.2) is 0 Å². The molecule has 15 heavy (non-hydrogen) atoms. The third-order valence-corrected chi connectivity index (χ3v) is 4.31. The zero-order valence-corrected chi connectivity index (χ0v) is 16.0. The van der Waals surface area contributed by atoms with Gasteiger partial charge in [-0.15, -0.1) is 0 Å². The first kappa shape index (κ1) is 16.1. The van der Waals surface area contributed by atoms with Gasteiger partial charge in [-0.3, -0.25) is 0 Å². The van der Waals surface area contributed by atoms with E-state index in [1.165, 1.54) is 12.8 Å². The van der Waals surface area contributed by atoms with Crippen LogP contribution in [0.2, 0.25) is 18.6 Å². The number of allylic oxidation sites excluding steroid dienone is 4. The fourth-order valence-electron chi connectivity index (χ4n) is 1.84. The fourth-order valence-corrected chi connectivity index (χ4v) is 3.38. The Morgan fingerprint density at radius 2 is 1.93 bits per heavy atom. The average Bonchev–Trinajstić information content (AvgIpc) is 2.49. The molecule has 0 amide bonds. The van der Waals surface area contributed by atoms with Crippen LogP contribution in [-0.2, 0) is 20.5 Å². The summed E-state index contributed by atoms with van der Waals surface area (Å²) in [5, 5.41) is 0. The molecule has 4 heteroatoms. The van der Waals surface area contributed by atoms with Crippen LogP contribution in [0.1, 0.15) is 26.7 Å². The SMILES string of the molecule is CCCC1=CC([Si](C)C)C(C)=C1.[Cl][Hf][Cl]. The van der Waals surface area contributed by atoms with Crippen LogP contribution in [-0.4, -0.2) is 8.80 Å². The molecule has 0 aromatic heterocycles. The van der Waals surface area contributed by atoms with Crippen molar-refractivity contribution in [2.75, 3.05) is 0 Å². The molecule has 0 N–H and O–H groups in total. The van der Waals surface area contributed by atoms with Gasteiger partial charge in [-0.1, -0.05) is 49.7 Å². The van der Waals surface area contributed by atoms with Crippen LogP contribution in [0.3, 0.4) is 0 Å². The Bertz CT molecular complexity index is 237. The first-order valence-electron chi connectivity index (χ1n) is 5.22. The number of rotatable bonds is 3. The maximum atomic E-state index is 4.96. The minimum absolute atomic E-state index is 0.156. The topological polar surface area (TPSA) is 0 Å². The van der Waals surface area contributed by atoms with Crippen molar-refractivity contribution in [3.05, 3.63) is 23.3 Å². The maximum absolute atomic E-state index is 4.96. The monoisotopic (exact) mass is 429 g/mol. The molecule has 0 fully saturated rings. The molecule has 0 saturated carbocycles. The van der Waals surface area contributed by atoms with E-state index >= 15 is 0 Å². The molecule has 0 nitrogen and oxygen atoms in total. The van der Waals surface area contributed by atoms with Gasteiger partial charge in [-0.05, 0) is 18.9 Å². The molecule has 1 rings (SSSR count). The second-order valence-corrected chi connectivity index (χ2v) is 12.0. The molecule has 1 aliphatic rings. The van der Waals surface area contributed by atoms with Gasteiger partial charge in [-0.2, -0.15) is 0 Å². The molecule has 85 valence electrons. The number of halogens is 2. The Morgan fingerprint density at radius 3 is 2.27 bits per heavy atom. The molecular formula is C11H19Cl2HfSi. The Morgan fingerprint density at radius 1 is 1.40 bits per heavy atom. The first-order valence-corrected chi connectivity index (χ1v) is 16.7. The van der Waals surface area contributed by atoms with Gasteiger partial charge in [0, 0.05) is 0 Å². The zero-order chi connectivity index (χ0) is 11.8. The van der Waals surface area contributed by atoms with E-state index in [0.29, 0.717) is 0 Å². The van der Waals surface area contributed by atoms with Gasteiger partial charge in [0.1, 0.15) is 0 Å². The third kappa shape index (κ3) is 6.45. The summed E-state index contributed by atoms with van der Waals surface area (Å²) in [6.07, 6.45) is 7.43. The van der Waals surface area contributed by atoms with Crippen LogP contribution < -0.4 is 0 Å². The van der Waals surface area contributed by atoms with E-state index in [1.807, 2.05) is 0 Å². The Hall–Kier alpha value is 1.15. The van der Waals surface area contributed by atoms with Crippen LogP contribution in [0, 0.1) is 0 Å². The molecule has 0 aromatic rings. The summed E-state index contributed by atoms with van der Waals surface area (Å²) in [4.78, 5) is 0. The van der Waals surface area contributed by atoms with Crippen LogP contribution in [0.5, 0.6) is 0 Å². The molecule has 0 bridgehead atoms. The predicted octanol–water partition coefficient (Wildman–Crippen LogP) is 5.17. The molecule has 0 spiro atoms. The van der Waals surface area contributed by atoms with Crippen LogP contribution in [0.4, 0.5) is 0 Å². The Kier molecular flexibility index (Phi) is 9.91. The molecule has 0 saturated heterocycles. The third-order valence-electron chi connectivity index (χ3n) is 2.45. The van der Waals surface area contributed by atoms with Crippen LogP contribution in [0.25, 0.3) is 0 Å². The molecule has 0 aliphatic heterocycles. The van der Waals surface area contributed by atoms with Crippen molar-refractivity contribution >= 4 is 26.0 Å². The summed E-state index contributed by atoms with van der Waals surface area (Å²) >= 11 is -0.972. The van der Waals surface area contributed by atoms with Crippen molar-refractivity contribution in [3.63, 3.8) is 0 Å². The second kappa shape index (κ2) is 9.21. The second-order valence-electron chi connectivity index (χ2n) is 4.01. The summed E-state index contributed by atoms with van der Waals surface area (Å²) in [6.45, 7) is 9.33. The van der Waals surface area contributed by atoms with Crippen molar-refractivity contribution in [1.29, 1.82) is 0 Å². The van der Waals surface area contributed by atoms with Crippen molar-refractivity contribution in [2.45, 2.75) is 45.3 Å². The van der Waals surface area contributed by atoms with E-state index in [-0.39, 0.29) is 8.80 Å².